The normalized spacial score (nSPS) is 10.4. The Morgan fingerprint density at radius 2 is 2.00 bits per heavy atom. The molecule has 0 spiro atoms. The average Bonchev–Trinajstić information content (AvgIpc) is 2.72. The van der Waals surface area contributed by atoms with Crippen molar-refractivity contribution in [2.75, 3.05) is 13.2 Å². The molecule has 2 aromatic carbocycles. The second kappa shape index (κ2) is 12.3. The van der Waals surface area contributed by atoms with Crippen LogP contribution in [0.4, 0.5) is 0 Å². The molecule has 0 fully saturated rings. The van der Waals surface area contributed by atoms with E-state index in [1.165, 1.54) is 0 Å². The summed E-state index contributed by atoms with van der Waals surface area (Å²) in [5, 5.41) is 12.0. The number of carbonyl (C=O) groups is 1. The number of ether oxygens (including phenoxy) is 1. The maximum Gasteiger partial charge on any atom is 0.257 e. The first-order valence-electron chi connectivity index (χ1n) is 9.84. The molecule has 1 N–H and O–H groups in total. The van der Waals surface area contributed by atoms with Crippen LogP contribution in [0, 0.1) is 17.2 Å². The lowest BCUT2D eigenvalue weighted by Crippen LogP contribution is -2.42. The minimum Gasteiger partial charge on any atom is -0.492 e. The number of hydrogen-bond donors (Lipinski definition) is 1. The van der Waals surface area contributed by atoms with Crippen molar-refractivity contribution in [1.82, 2.24) is 10.2 Å². The smallest absolute Gasteiger partial charge is 0.257 e. The van der Waals surface area contributed by atoms with Gasteiger partial charge in [0.25, 0.3) is 5.91 Å². The van der Waals surface area contributed by atoms with Gasteiger partial charge in [-0.2, -0.15) is 5.26 Å². The minimum atomic E-state index is -0.301. The number of benzene rings is 2. The van der Waals surface area contributed by atoms with Gasteiger partial charge in [0.2, 0.25) is 0 Å². The number of nitriles is 1. The Morgan fingerprint density at radius 1 is 1.27 bits per heavy atom. The van der Waals surface area contributed by atoms with E-state index in [4.69, 9.17) is 22.2 Å². The van der Waals surface area contributed by atoms with Gasteiger partial charge in [-0.25, -0.2) is 0 Å². The van der Waals surface area contributed by atoms with Gasteiger partial charge in [0.15, 0.2) is 5.11 Å². The third-order valence-corrected chi connectivity index (χ3v) is 5.34. The van der Waals surface area contributed by atoms with Crippen molar-refractivity contribution in [2.24, 2.45) is 5.92 Å². The Labute approximate surface area is 192 Å². The first-order chi connectivity index (χ1) is 14.4. The molecule has 0 heterocycles. The van der Waals surface area contributed by atoms with E-state index in [2.05, 4.69) is 41.2 Å². The van der Waals surface area contributed by atoms with Gasteiger partial charge in [-0.1, -0.05) is 44.2 Å². The summed E-state index contributed by atoms with van der Waals surface area (Å²) in [4.78, 5) is 14.5. The second-order valence-corrected chi connectivity index (χ2v) is 8.49. The highest BCUT2D eigenvalue weighted by atomic mass is 79.9. The summed E-state index contributed by atoms with van der Waals surface area (Å²) in [7, 11) is 0. The molecule has 7 heteroatoms. The highest BCUT2D eigenvalue weighted by molar-refractivity contribution is 9.10. The van der Waals surface area contributed by atoms with Crippen LogP contribution in [0.2, 0.25) is 0 Å². The Morgan fingerprint density at radius 3 is 2.63 bits per heavy atom. The minimum absolute atomic E-state index is 0.299. The maximum absolute atomic E-state index is 12.7. The second-order valence-electron chi connectivity index (χ2n) is 7.25. The molecular formula is C23H26BrN3O2S. The molecule has 1 amide bonds. The first-order valence-corrected chi connectivity index (χ1v) is 11.0. The fourth-order valence-electron chi connectivity index (χ4n) is 2.65. The van der Waals surface area contributed by atoms with Crippen LogP contribution >= 0.6 is 28.1 Å². The van der Waals surface area contributed by atoms with E-state index >= 15 is 0 Å². The fourth-order valence-corrected chi connectivity index (χ4v) is 3.40. The molecule has 0 bridgehead atoms. The Kier molecular flexibility index (Phi) is 9.78. The molecule has 2 aromatic rings. The van der Waals surface area contributed by atoms with Crippen LogP contribution in [-0.4, -0.2) is 29.1 Å². The van der Waals surface area contributed by atoms with E-state index < -0.39 is 0 Å². The Hall–Kier alpha value is -2.43. The van der Waals surface area contributed by atoms with Gasteiger partial charge in [-0.05, 0) is 64.2 Å². The van der Waals surface area contributed by atoms with Crippen LogP contribution in [0.5, 0.6) is 5.75 Å². The lowest BCUT2D eigenvalue weighted by atomic mass is 10.1. The molecular weight excluding hydrogens is 462 g/mol. The molecule has 0 radical (unpaired) electrons. The average molecular weight is 488 g/mol. The van der Waals surface area contributed by atoms with Gasteiger partial charge in [0.1, 0.15) is 5.75 Å². The molecule has 0 saturated heterocycles. The molecule has 0 unspecified atom stereocenters. The fraction of sp³-hybridized carbons (Fsp3) is 0.348. The zero-order chi connectivity index (χ0) is 21.9. The van der Waals surface area contributed by atoms with Gasteiger partial charge >= 0.3 is 0 Å². The van der Waals surface area contributed by atoms with Gasteiger partial charge < -0.3 is 9.64 Å². The van der Waals surface area contributed by atoms with Gasteiger partial charge in [0.05, 0.1) is 23.6 Å². The van der Waals surface area contributed by atoms with E-state index in [0.717, 1.165) is 16.5 Å². The van der Waals surface area contributed by atoms with Crippen molar-refractivity contribution in [1.29, 1.82) is 5.26 Å². The molecule has 30 heavy (non-hydrogen) atoms. The molecule has 5 nitrogen and oxygen atoms in total. The van der Waals surface area contributed by atoms with Gasteiger partial charge in [-0.3, -0.25) is 10.1 Å². The van der Waals surface area contributed by atoms with Crippen molar-refractivity contribution in [3.05, 3.63) is 64.1 Å². The third-order valence-electron chi connectivity index (χ3n) is 4.36. The maximum atomic E-state index is 12.7. The van der Waals surface area contributed by atoms with Crippen molar-refractivity contribution >= 4 is 39.2 Å². The monoisotopic (exact) mass is 487 g/mol. The predicted molar refractivity (Wildman–Crippen MR) is 126 cm³/mol. The van der Waals surface area contributed by atoms with Gasteiger partial charge in [0, 0.05) is 18.7 Å². The van der Waals surface area contributed by atoms with Crippen molar-refractivity contribution < 1.29 is 9.53 Å². The van der Waals surface area contributed by atoms with E-state index in [0.29, 0.717) is 48.5 Å². The van der Waals surface area contributed by atoms with Crippen LogP contribution < -0.4 is 10.1 Å². The lowest BCUT2D eigenvalue weighted by molar-refractivity contribution is 0.0973. The molecule has 0 aliphatic rings. The third kappa shape index (κ3) is 7.77. The standard InChI is InChI=1S/C23H26BrN3O2S/c1-17(2)11-14-29-21-10-9-19(15-20(21)24)22(28)26-23(30)27(13-6-12-25)16-18-7-4-3-5-8-18/h3-5,7-10,15,17H,6,11,13-14,16H2,1-2H3,(H,26,28,30). The molecule has 0 saturated carbocycles. The number of halogens is 1. The molecule has 0 aromatic heterocycles. The summed E-state index contributed by atoms with van der Waals surface area (Å²) >= 11 is 8.92. The van der Waals surface area contributed by atoms with E-state index in [-0.39, 0.29) is 5.91 Å². The Bertz CT molecular complexity index is 897. The van der Waals surface area contributed by atoms with E-state index in [1.54, 1.807) is 18.2 Å². The van der Waals surface area contributed by atoms with Gasteiger partial charge in [-0.15, -0.1) is 0 Å². The van der Waals surface area contributed by atoms with Crippen molar-refractivity contribution in [3.8, 4) is 11.8 Å². The predicted octanol–water partition coefficient (Wildman–Crippen LogP) is 5.30. The molecule has 158 valence electrons. The van der Waals surface area contributed by atoms with Crippen molar-refractivity contribution in [2.45, 2.75) is 33.2 Å². The lowest BCUT2D eigenvalue weighted by Gasteiger charge is -2.24. The number of amides is 1. The number of nitrogens with one attached hydrogen (secondary N) is 1. The summed E-state index contributed by atoms with van der Waals surface area (Å²) in [6, 6.07) is 17.1. The Balaban J connectivity index is 2.02. The summed E-state index contributed by atoms with van der Waals surface area (Å²) in [5.74, 6) is 0.966. The molecule has 0 atom stereocenters. The summed E-state index contributed by atoms with van der Waals surface area (Å²) in [6.45, 7) is 5.88. The van der Waals surface area contributed by atoms with Crippen LogP contribution in [0.25, 0.3) is 0 Å². The number of rotatable bonds is 9. The van der Waals surface area contributed by atoms with Crippen LogP contribution in [-0.2, 0) is 6.54 Å². The quantitative estimate of drug-likeness (QED) is 0.485. The highest BCUT2D eigenvalue weighted by Crippen LogP contribution is 2.26. The van der Waals surface area contributed by atoms with E-state index in [9.17, 15) is 4.79 Å². The topological polar surface area (TPSA) is 65.4 Å². The summed E-state index contributed by atoms with van der Waals surface area (Å²) in [6.07, 6.45) is 1.28. The number of hydrogen-bond acceptors (Lipinski definition) is 4. The van der Waals surface area contributed by atoms with Crippen molar-refractivity contribution in [3.63, 3.8) is 0 Å². The molecule has 2 rings (SSSR count). The number of carbonyl (C=O) groups excluding carboxylic acids is 1. The number of thiocarbonyl (C=S) groups is 1. The molecule has 0 aliphatic carbocycles. The van der Waals surface area contributed by atoms with E-state index in [1.807, 2.05) is 35.2 Å². The zero-order valence-electron chi connectivity index (χ0n) is 17.2. The summed E-state index contributed by atoms with van der Waals surface area (Å²) in [5.41, 5.74) is 1.53. The molecule has 0 aliphatic heterocycles. The van der Waals surface area contributed by atoms with Crippen LogP contribution in [0.1, 0.15) is 42.6 Å². The zero-order valence-corrected chi connectivity index (χ0v) is 19.6. The highest BCUT2D eigenvalue weighted by Gasteiger charge is 2.16. The largest absolute Gasteiger partial charge is 0.492 e. The summed E-state index contributed by atoms with van der Waals surface area (Å²) < 4.78 is 6.49. The number of nitrogens with zero attached hydrogens (tertiary/aromatic N) is 2. The SMILES string of the molecule is CC(C)CCOc1ccc(C(=O)NC(=S)N(CCC#N)Cc2ccccc2)cc1Br. The van der Waals surface area contributed by atoms with Crippen LogP contribution in [0.3, 0.4) is 0 Å². The first kappa shape index (κ1) is 23.8. The van der Waals surface area contributed by atoms with Crippen LogP contribution in [0.15, 0.2) is 53.0 Å².